The van der Waals surface area contributed by atoms with E-state index in [4.69, 9.17) is 16.2 Å². The van der Waals surface area contributed by atoms with E-state index in [0.717, 1.165) is 5.39 Å². The van der Waals surface area contributed by atoms with Crippen molar-refractivity contribution in [2.45, 2.75) is 0 Å². The zero-order chi connectivity index (χ0) is 18.7. The molecule has 8 nitrogen and oxygen atoms in total. The Morgan fingerprint density at radius 2 is 2.00 bits per heavy atom. The Morgan fingerprint density at radius 3 is 2.65 bits per heavy atom. The summed E-state index contributed by atoms with van der Waals surface area (Å²) in [6.07, 6.45) is 1.41. The van der Waals surface area contributed by atoms with E-state index < -0.39 is 5.91 Å². The number of ether oxygens (including phenoxy) is 1. The van der Waals surface area contributed by atoms with E-state index in [1.165, 1.54) is 13.3 Å². The van der Waals surface area contributed by atoms with Gasteiger partial charge in [0.2, 0.25) is 0 Å². The molecule has 3 aromatic rings. The Morgan fingerprint density at radius 1 is 1.23 bits per heavy atom. The molecule has 0 bridgehead atoms. The van der Waals surface area contributed by atoms with Crippen LogP contribution < -0.4 is 21.5 Å². The van der Waals surface area contributed by atoms with E-state index in [0.29, 0.717) is 16.9 Å². The number of hydrogen-bond acceptors (Lipinski definition) is 5. The number of nitrogens with two attached hydrogens (primary N) is 2. The Hall–Kier alpha value is -3.81. The zero-order valence-electron chi connectivity index (χ0n) is 13.9. The number of anilines is 1. The maximum Gasteiger partial charge on any atom is 0.259 e. The number of carbonyl (C=O) groups excluding carboxylic acids is 1. The van der Waals surface area contributed by atoms with Crippen molar-refractivity contribution < 1.29 is 14.6 Å². The molecular formula is C18H17N5O3. The molecule has 6 N–H and O–H groups in total. The van der Waals surface area contributed by atoms with Crippen LogP contribution in [0, 0.1) is 0 Å². The highest BCUT2D eigenvalue weighted by molar-refractivity contribution is 6.10. The number of nitrogens with zero attached hydrogens (tertiary/aromatic N) is 2. The summed E-state index contributed by atoms with van der Waals surface area (Å²) in [4.78, 5) is 20.4. The van der Waals surface area contributed by atoms with E-state index in [-0.39, 0.29) is 23.0 Å². The first kappa shape index (κ1) is 17.0. The summed E-state index contributed by atoms with van der Waals surface area (Å²) < 4.78 is 5.27. The van der Waals surface area contributed by atoms with Gasteiger partial charge >= 0.3 is 0 Å². The summed E-state index contributed by atoms with van der Waals surface area (Å²) in [7, 11) is 1.44. The number of phenols is 1. The SMILES string of the molecule is COc1c(O)c(C(=O)Nc2ccc(N=C(N)N)nc2)cc2ccccc12. The number of amides is 1. The minimum atomic E-state index is -0.497. The standard InChI is InChI=1S/C18H17N5O3/c1-26-16-12-5-3-2-4-10(12)8-13(15(16)24)17(25)22-11-6-7-14(21-9-11)23-18(19)20/h2-9,24H,1H3,(H,22,25)(H4,19,20,21,23). The molecule has 132 valence electrons. The smallest absolute Gasteiger partial charge is 0.259 e. The molecule has 0 radical (unpaired) electrons. The number of hydrogen-bond donors (Lipinski definition) is 4. The van der Waals surface area contributed by atoms with Gasteiger partial charge in [-0.25, -0.2) is 4.98 Å². The molecule has 0 aliphatic carbocycles. The maximum absolute atomic E-state index is 12.6. The van der Waals surface area contributed by atoms with Crippen LogP contribution in [0.1, 0.15) is 10.4 Å². The van der Waals surface area contributed by atoms with Gasteiger partial charge in [-0.2, -0.15) is 4.99 Å². The van der Waals surface area contributed by atoms with Crippen LogP contribution in [0.5, 0.6) is 11.5 Å². The molecule has 0 aliphatic rings. The van der Waals surface area contributed by atoms with Crippen LogP contribution in [0.15, 0.2) is 53.7 Å². The van der Waals surface area contributed by atoms with E-state index >= 15 is 0 Å². The van der Waals surface area contributed by atoms with Gasteiger partial charge in [0.25, 0.3) is 5.91 Å². The minimum Gasteiger partial charge on any atom is -0.504 e. The number of nitrogens with one attached hydrogen (secondary N) is 1. The minimum absolute atomic E-state index is 0.0915. The van der Waals surface area contributed by atoms with Crippen molar-refractivity contribution in [3.63, 3.8) is 0 Å². The topological polar surface area (TPSA) is 136 Å². The molecule has 0 spiro atoms. The van der Waals surface area contributed by atoms with Crippen molar-refractivity contribution in [3.8, 4) is 11.5 Å². The molecular weight excluding hydrogens is 334 g/mol. The lowest BCUT2D eigenvalue weighted by atomic mass is 10.0. The molecule has 0 saturated heterocycles. The van der Waals surface area contributed by atoms with Crippen LogP contribution in [0.25, 0.3) is 10.8 Å². The van der Waals surface area contributed by atoms with Crippen LogP contribution in [0.4, 0.5) is 11.5 Å². The lowest BCUT2D eigenvalue weighted by Crippen LogP contribution is -2.22. The van der Waals surface area contributed by atoms with Crippen LogP contribution in [0.2, 0.25) is 0 Å². The Kier molecular flexibility index (Phi) is 4.57. The highest BCUT2D eigenvalue weighted by Gasteiger charge is 2.18. The average molecular weight is 351 g/mol. The van der Waals surface area contributed by atoms with Gasteiger partial charge in [0.1, 0.15) is 0 Å². The number of fused-ring (bicyclic) bond motifs is 1. The first-order valence-electron chi connectivity index (χ1n) is 7.65. The number of pyridine rings is 1. The van der Waals surface area contributed by atoms with Gasteiger partial charge in [-0.15, -0.1) is 0 Å². The van der Waals surface area contributed by atoms with Crippen molar-refractivity contribution in [1.29, 1.82) is 0 Å². The summed E-state index contributed by atoms with van der Waals surface area (Å²) in [6.45, 7) is 0. The van der Waals surface area contributed by atoms with E-state index in [2.05, 4.69) is 15.3 Å². The number of guanidine groups is 1. The summed E-state index contributed by atoms with van der Waals surface area (Å²) in [6, 6.07) is 12.1. The normalized spacial score (nSPS) is 10.3. The van der Waals surface area contributed by atoms with Gasteiger partial charge in [-0.05, 0) is 23.6 Å². The van der Waals surface area contributed by atoms with Crippen molar-refractivity contribution in [3.05, 3.63) is 54.2 Å². The molecule has 0 fully saturated rings. The van der Waals surface area contributed by atoms with Gasteiger partial charge in [-0.1, -0.05) is 24.3 Å². The summed E-state index contributed by atoms with van der Waals surface area (Å²) in [5, 5.41) is 14.6. The van der Waals surface area contributed by atoms with Crippen LogP contribution >= 0.6 is 0 Å². The van der Waals surface area contributed by atoms with Crippen LogP contribution in [-0.4, -0.2) is 29.1 Å². The van der Waals surface area contributed by atoms with E-state index in [9.17, 15) is 9.90 Å². The van der Waals surface area contributed by atoms with E-state index in [1.807, 2.05) is 24.3 Å². The first-order chi connectivity index (χ1) is 12.5. The molecule has 8 heteroatoms. The number of rotatable bonds is 4. The van der Waals surface area contributed by atoms with Gasteiger partial charge in [0.15, 0.2) is 23.3 Å². The number of aliphatic imine (C=N–C) groups is 1. The zero-order valence-corrected chi connectivity index (χ0v) is 13.9. The number of phenolic OH excluding ortho intramolecular Hbond substituents is 1. The average Bonchev–Trinajstić information content (AvgIpc) is 2.62. The first-order valence-corrected chi connectivity index (χ1v) is 7.65. The lowest BCUT2D eigenvalue weighted by molar-refractivity contribution is 0.102. The second-order valence-electron chi connectivity index (χ2n) is 5.42. The fraction of sp³-hybridized carbons (Fsp3) is 0.0556. The number of aromatic nitrogens is 1. The third kappa shape index (κ3) is 3.34. The molecule has 0 unspecified atom stereocenters. The maximum atomic E-state index is 12.6. The third-order valence-corrected chi connectivity index (χ3v) is 3.67. The molecule has 26 heavy (non-hydrogen) atoms. The molecule has 0 aliphatic heterocycles. The van der Waals surface area contributed by atoms with Crippen molar-refractivity contribution >= 4 is 34.1 Å². The van der Waals surface area contributed by atoms with Gasteiger partial charge in [-0.3, -0.25) is 4.79 Å². The highest BCUT2D eigenvalue weighted by atomic mass is 16.5. The summed E-state index contributed by atoms with van der Waals surface area (Å²) in [5.74, 6) is -0.271. The second-order valence-corrected chi connectivity index (χ2v) is 5.42. The van der Waals surface area contributed by atoms with Gasteiger partial charge in [0, 0.05) is 5.39 Å². The largest absolute Gasteiger partial charge is 0.504 e. The van der Waals surface area contributed by atoms with Crippen molar-refractivity contribution in [1.82, 2.24) is 4.98 Å². The highest BCUT2D eigenvalue weighted by Crippen LogP contribution is 2.38. The monoisotopic (exact) mass is 351 g/mol. The Bertz CT molecular complexity index is 996. The molecule has 0 atom stereocenters. The predicted octanol–water partition coefficient (Wildman–Crippen LogP) is 2.11. The summed E-state index contributed by atoms with van der Waals surface area (Å²) >= 11 is 0. The Balaban J connectivity index is 1.93. The molecule has 1 heterocycles. The van der Waals surface area contributed by atoms with Crippen molar-refractivity contribution in [2.24, 2.45) is 16.5 Å². The molecule has 3 rings (SSSR count). The molecule has 1 aromatic heterocycles. The second kappa shape index (κ2) is 6.98. The Labute approximate surface area is 149 Å². The fourth-order valence-corrected chi connectivity index (χ4v) is 2.54. The summed E-state index contributed by atoms with van der Waals surface area (Å²) in [5.41, 5.74) is 11.1. The van der Waals surface area contributed by atoms with Crippen molar-refractivity contribution in [2.75, 3.05) is 12.4 Å². The van der Waals surface area contributed by atoms with Gasteiger partial charge in [0.05, 0.1) is 24.6 Å². The molecule has 1 amide bonds. The molecule has 2 aromatic carbocycles. The van der Waals surface area contributed by atoms with Gasteiger partial charge < -0.3 is 26.6 Å². The fourth-order valence-electron chi connectivity index (χ4n) is 2.54. The number of methoxy groups -OCH3 is 1. The number of aromatic hydroxyl groups is 1. The third-order valence-electron chi connectivity index (χ3n) is 3.67. The quantitative estimate of drug-likeness (QED) is 0.420. The predicted molar refractivity (Wildman–Crippen MR) is 99.8 cm³/mol. The lowest BCUT2D eigenvalue weighted by Gasteiger charge is -2.12. The number of carbonyl (C=O) groups is 1. The van der Waals surface area contributed by atoms with Crippen LogP contribution in [0.3, 0.4) is 0 Å². The van der Waals surface area contributed by atoms with E-state index in [1.54, 1.807) is 18.2 Å². The number of benzene rings is 2. The molecule has 0 saturated carbocycles. The van der Waals surface area contributed by atoms with Crippen LogP contribution in [-0.2, 0) is 0 Å².